The summed E-state index contributed by atoms with van der Waals surface area (Å²) in [6.45, 7) is 3.50. The standard InChI is InChI=1S/C16H26N2O3/c1-19-11-12-6-7-18(10-12)14(9-17)13-4-5-15(20-2)16(8-13)21-3/h4-5,8,12,14H,6-7,9-11,17H2,1-3H3. The Balaban J connectivity index is 2.14. The molecule has 21 heavy (non-hydrogen) atoms. The van der Waals surface area contributed by atoms with Crippen molar-refractivity contribution >= 4 is 0 Å². The summed E-state index contributed by atoms with van der Waals surface area (Å²) in [5, 5.41) is 0. The number of benzene rings is 1. The maximum atomic E-state index is 6.02. The summed E-state index contributed by atoms with van der Waals surface area (Å²) in [5.74, 6) is 2.10. The number of ether oxygens (including phenoxy) is 3. The number of methoxy groups -OCH3 is 3. The molecule has 0 bridgehead atoms. The van der Waals surface area contributed by atoms with Gasteiger partial charge in [0.15, 0.2) is 11.5 Å². The number of nitrogens with two attached hydrogens (primary N) is 1. The minimum atomic E-state index is 0.215. The molecule has 0 amide bonds. The lowest BCUT2D eigenvalue weighted by atomic mass is 10.0. The van der Waals surface area contributed by atoms with Gasteiger partial charge in [0.05, 0.1) is 20.8 Å². The topological polar surface area (TPSA) is 57.0 Å². The highest BCUT2D eigenvalue weighted by molar-refractivity contribution is 5.44. The van der Waals surface area contributed by atoms with Crippen LogP contribution in [0.25, 0.3) is 0 Å². The molecular formula is C16H26N2O3. The predicted molar refractivity (Wildman–Crippen MR) is 82.9 cm³/mol. The molecule has 0 saturated carbocycles. The van der Waals surface area contributed by atoms with Gasteiger partial charge in [0, 0.05) is 26.2 Å². The Bertz CT molecular complexity index is 453. The summed E-state index contributed by atoms with van der Waals surface area (Å²) >= 11 is 0. The normalized spacial score (nSPS) is 20.5. The molecule has 0 aromatic heterocycles. The molecule has 2 unspecified atom stereocenters. The summed E-state index contributed by atoms with van der Waals surface area (Å²) in [6, 6.07) is 6.26. The van der Waals surface area contributed by atoms with E-state index >= 15 is 0 Å². The van der Waals surface area contributed by atoms with Gasteiger partial charge < -0.3 is 19.9 Å². The van der Waals surface area contributed by atoms with Crippen LogP contribution < -0.4 is 15.2 Å². The molecule has 5 nitrogen and oxygen atoms in total. The fourth-order valence-corrected chi connectivity index (χ4v) is 3.07. The Kier molecular flexibility index (Phi) is 5.85. The van der Waals surface area contributed by atoms with Gasteiger partial charge in [-0.3, -0.25) is 4.90 Å². The number of likely N-dealkylation sites (tertiary alicyclic amines) is 1. The molecule has 2 rings (SSSR count). The van der Waals surface area contributed by atoms with Gasteiger partial charge in [-0.2, -0.15) is 0 Å². The molecule has 118 valence electrons. The van der Waals surface area contributed by atoms with Crippen LogP contribution in [0.15, 0.2) is 18.2 Å². The second-order valence-corrected chi connectivity index (χ2v) is 5.47. The van der Waals surface area contributed by atoms with Gasteiger partial charge in [-0.1, -0.05) is 6.07 Å². The van der Waals surface area contributed by atoms with Crippen molar-refractivity contribution in [3.8, 4) is 11.5 Å². The Labute approximate surface area is 127 Å². The highest BCUT2D eigenvalue weighted by Gasteiger charge is 2.28. The Morgan fingerprint density at radius 3 is 2.62 bits per heavy atom. The van der Waals surface area contributed by atoms with Crippen LogP contribution in [0.3, 0.4) is 0 Å². The molecule has 0 aliphatic carbocycles. The van der Waals surface area contributed by atoms with E-state index in [0.29, 0.717) is 12.5 Å². The van der Waals surface area contributed by atoms with Gasteiger partial charge >= 0.3 is 0 Å². The van der Waals surface area contributed by atoms with Gasteiger partial charge in [-0.05, 0) is 36.6 Å². The van der Waals surface area contributed by atoms with Crippen molar-refractivity contribution in [1.82, 2.24) is 4.90 Å². The third-order valence-corrected chi connectivity index (χ3v) is 4.18. The minimum Gasteiger partial charge on any atom is -0.493 e. The van der Waals surface area contributed by atoms with Crippen LogP contribution in [0.2, 0.25) is 0 Å². The summed E-state index contributed by atoms with van der Waals surface area (Å²) in [6.07, 6.45) is 1.16. The molecule has 1 aromatic carbocycles. The van der Waals surface area contributed by atoms with Crippen LogP contribution in [0.4, 0.5) is 0 Å². The minimum absolute atomic E-state index is 0.215. The molecule has 1 aromatic rings. The molecule has 1 heterocycles. The van der Waals surface area contributed by atoms with E-state index in [1.807, 2.05) is 12.1 Å². The summed E-state index contributed by atoms with van der Waals surface area (Å²) in [7, 11) is 5.06. The van der Waals surface area contributed by atoms with E-state index in [1.54, 1.807) is 21.3 Å². The van der Waals surface area contributed by atoms with Crippen LogP contribution in [0.1, 0.15) is 18.0 Å². The van der Waals surface area contributed by atoms with Gasteiger partial charge in [-0.25, -0.2) is 0 Å². The first-order valence-electron chi connectivity index (χ1n) is 7.38. The van der Waals surface area contributed by atoms with Crippen LogP contribution in [0, 0.1) is 5.92 Å². The van der Waals surface area contributed by atoms with Crippen LogP contribution in [-0.4, -0.2) is 52.5 Å². The van der Waals surface area contributed by atoms with E-state index in [1.165, 1.54) is 5.56 Å². The predicted octanol–water partition coefficient (Wildman–Crippen LogP) is 1.67. The monoisotopic (exact) mass is 294 g/mol. The molecule has 1 fully saturated rings. The van der Waals surface area contributed by atoms with E-state index < -0.39 is 0 Å². The number of hydrogen-bond donors (Lipinski definition) is 1. The van der Waals surface area contributed by atoms with Crippen molar-refractivity contribution in [3.63, 3.8) is 0 Å². The van der Waals surface area contributed by atoms with E-state index in [4.69, 9.17) is 19.9 Å². The Hall–Kier alpha value is -1.30. The molecule has 2 atom stereocenters. The lowest BCUT2D eigenvalue weighted by Crippen LogP contribution is -2.32. The van der Waals surface area contributed by atoms with Gasteiger partial charge in [0.25, 0.3) is 0 Å². The molecule has 0 spiro atoms. The van der Waals surface area contributed by atoms with Crippen molar-refractivity contribution in [2.45, 2.75) is 12.5 Å². The quantitative estimate of drug-likeness (QED) is 0.829. The van der Waals surface area contributed by atoms with E-state index in [-0.39, 0.29) is 6.04 Å². The Morgan fingerprint density at radius 2 is 2.00 bits per heavy atom. The lowest BCUT2D eigenvalue weighted by molar-refractivity contribution is 0.147. The second-order valence-electron chi connectivity index (χ2n) is 5.47. The summed E-state index contributed by atoms with van der Waals surface area (Å²) in [5.41, 5.74) is 7.20. The molecular weight excluding hydrogens is 268 g/mol. The highest BCUT2D eigenvalue weighted by atomic mass is 16.5. The molecule has 1 aliphatic heterocycles. The molecule has 2 N–H and O–H groups in total. The van der Waals surface area contributed by atoms with Crippen molar-refractivity contribution < 1.29 is 14.2 Å². The second kappa shape index (κ2) is 7.64. The third-order valence-electron chi connectivity index (χ3n) is 4.18. The number of rotatable bonds is 7. The SMILES string of the molecule is COCC1CCN(C(CN)c2ccc(OC)c(OC)c2)C1. The molecule has 1 aliphatic rings. The van der Waals surface area contributed by atoms with Crippen molar-refractivity contribution in [2.24, 2.45) is 11.7 Å². The molecule has 1 saturated heterocycles. The maximum Gasteiger partial charge on any atom is 0.161 e. The van der Waals surface area contributed by atoms with E-state index in [0.717, 1.165) is 37.6 Å². The first kappa shape index (κ1) is 16.1. The van der Waals surface area contributed by atoms with Crippen LogP contribution in [0.5, 0.6) is 11.5 Å². The summed E-state index contributed by atoms with van der Waals surface area (Å²) < 4.78 is 15.9. The van der Waals surface area contributed by atoms with Crippen LogP contribution in [-0.2, 0) is 4.74 Å². The third kappa shape index (κ3) is 3.67. The zero-order chi connectivity index (χ0) is 15.2. The number of hydrogen-bond acceptors (Lipinski definition) is 5. The largest absolute Gasteiger partial charge is 0.493 e. The smallest absolute Gasteiger partial charge is 0.161 e. The van der Waals surface area contributed by atoms with Crippen molar-refractivity contribution in [1.29, 1.82) is 0 Å². The number of nitrogens with zero attached hydrogens (tertiary/aromatic N) is 1. The first-order chi connectivity index (χ1) is 10.2. The fourth-order valence-electron chi connectivity index (χ4n) is 3.07. The van der Waals surface area contributed by atoms with Crippen LogP contribution >= 0.6 is 0 Å². The average Bonchev–Trinajstić information content (AvgIpc) is 2.96. The fraction of sp³-hybridized carbons (Fsp3) is 0.625. The first-order valence-corrected chi connectivity index (χ1v) is 7.38. The maximum absolute atomic E-state index is 6.02. The zero-order valence-electron chi connectivity index (χ0n) is 13.2. The van der Waals surface area contributed by atoms with Crippen molar-refractivity contribution in [3.05, 3.63) is 23.8 Å². The average molecular weight is 294 g/mol. The molecule has 0 radical (unpaired) electrons. The van der Waals surface area contributed by atoms with Gasteiger partial charge in [-0.15, -0.1) is 0 Å². The van der Waals surface area contributed by atoms with Crippen molar-refractivity contribution in [2.75, 3.05) is 47.6 Å². The lowest BCUT2D eigenvalue weighted by Gasteiger charge is -2.27. The Morgan fingerprint density at radius 1 is 1.24 bits per heavy atom. The van der Waals surface area contributed by atoms with E-state index in [9.17, 15) is 0 Å². The van der Waals surface area contributed by atoms with E-state index in [2.05, 4.69) is 11.0 Å². The van der Waals surface area contributed by atoms with Gasteiger partial charge in [0.2, 0.25) is 0 Å². The highest BCUT2D eigenvalue weighted by Crippen LogP contribution is 2.33. The zero-order valence-corrected chi connectivity index (χ0v) is 13.2. The summed E-state index contributed by atoms with van der Waals surface area (Å²) in [4.78, 5) is 2.44. The molecule has 5 heteroatoms. The van der Waals surface area contributed by atoms with Gasteiger partial charge in [0.1, 0.15) is 0 Å².